The van der Waals surface area contributed by atoms with Gasteiger partial charge >= 0.3 is 6.18 Å². The second-order valence-corrected chi connectivity index (χ2v) is 16.5. The monoisotopic (exact) mass is 837 g/mol. The van der Waals surface area contributed by atoms with Crippen molar-refractivity contribution in [2.45, 2.75) is 43.9 Å². The summed E-state index contributed by atoms with van der Waals surface area (Å²) >= 11 is 6.65. The molecule has 312 valence electrons. The highest BCUT2D eigenvalue weighted by Gasteiger charge is 2.47. The lowest BCUT2D eigenvalue weighted by molar-refractivity contribution is -0.931. The van der Waals surface area contributed by atoms with E-state index in [1.165, 1.54) is 48.1 Å². The molecule has 8 rings (SSSR count). The fourth-order valence-electron chi connectivity index (χ4n) is 9.12. The highest BCUT2D eigenvalue weighted by atomic mass is 35.5. The number of carboxylic acid groups (broad SMARTS) is 1. The number of alkyl halides is 3. The molecular formula is C39H43ClF3N11O5. The molecule has 7 heterocycles. The number of carbonyl (C=O) groups excluding carboxylic acids is 4. The van der Waals surface area contributed by atoms with Crippen LogP contribution in [0.1, 0.15) is 52.4 Å². The van der Waals surface area contributed by atoms with Crippen LogP contribution in [0.2, 0.25) is 5.02 Å². The van der Waals surface area contributed by atoms with E-state index in [-0.39, 0.29) is 75.5 Å². The number of benzene rings is 1. The average Bonchev–Trinajstić information content (AvgIpc) is 3.86. The zero-order chi connectivity index (χ0) is 41.8. The van der Waals surface area contributed by atoms with Crippen molar-refractivity contribution in [1.82, 2.24) is 39.4 Å². The van der Waals surface area contributed by atoms with E-state index in [9.17, 15) is 37.5 Å². The number of amides is 3. The molecule has 2 atom stereocenters. The zero-order valence-electron chi connectivity index (χ0n) is 32.1. The first-order chi connectivity index (χ1) is 28.1. The Morgan fingerprint density at radius 1 is 1.02 bits per heavy atom. The van der Waals surface area contributed by atoms with Gasteiger partial charge in [-0.2, -0.15) is 18.3 Å². The Kier molecular flexibility index (Phi) is 10.6. The van der Waals surface area contributed by atoms with Crippen LogP contribution in [0.5, 0.6) is 0 Å². The molecule has 4 saturated heterocycles. The summed E-state index contributed by atoms with van der Waals surface area (Å²) in [5.74, 6) is -1.90. The highest BCUT2D eigenvalue weighted by Crippen LogP contribution is 2.38. The first-order valence-corrected chi connectivity index (χ1v) is 19.9. The van der Waals surface area contributed by atoms with E-state index < -0.39 is 23.7 Å². The van der Waals surface area contributed by atoms with Crippen LogP contribution in [0.3, 0.4) is 0 Å². The molecule has 2 bridgehead atoms. The quantitative estimate of drug-likeness (QED) is 0.199. The third-order valence-corrected chi connectivity index (χ3v) is 12.5. The van der Waals surface area contributed by atoms with E-state index in [0.717, 1.165) is 49.6 Å². The van der Waals surface area contributed by atoms with Crippen LogP contribution in [0.25, 0.3) is 17.1 Å². The normalized spacial score (nSPS) is 23.2. The molecule has 3 amide bonds. The Hall–Kier alpha value is -5.53. The van der Waals surface area contributed by atoms with Crippen LogP contribution >= 0.6 is 11.6 Å². The molecule has 4 aliphatic rings. The third-order valence-electron chi connectivity index (χ3n) is 12.2. The van der Waals surface area contributed by atoms with Crippen molar-refractivity contribution in [3.8, 4) is 17.1 Å². The zero-order valence-corrected chi connectivity index (χ0v) is 32.9. The Morgan fingerprint density at radius 3 is 2.32 bits per heavy atom. The van der Waals surface area contributed by atoms with Gasteiger partial charge in [-0.05, 0) is 43.2 Å². The lowest BCUT2D eigenvalue weighted by atomic mass is 9.90. The molecule has 0 aliphatic carbocycles. The first kappa shape index (κ1) is 40.3. The number of pyridine rings is 1. The molecule has 16 nitrogen and oxygen atoms in total. The predicted molar refractivity (Wildman–Crippen MR) is 206 cm³/mol. The maximum Gasteiger partial charge on any atom is 0.435 e. The van der Waals surface area contributed by atoms with Gasteiger partial charge < -0.3 is 45.1 Å². The van der Waals surface area contributed by atoms with Crippen molar-refractivity contribution in [1.29, 1.82) is 0 Å². The fourth-order valence-corrected chi connectivity index (χ4v) is 9.39. The Morgan fingerprint density at radius 2 is 1.73 bits per heavy atom. The van der Waals surface area contributed by atoms with Crippen LogP contribution in [0.15, 0.2) is 48.9 Å². The Balaban J connectivity index is 0.908. The molecule has 4 aliphatic heterocycles. The molecule has 59 heavy (non-hydrogen) atoms. The van der Waals surface area contributed by atoms with Crippen molar-refractivity contribution >= 4 is 46.7 Å². The summed E-state index contributed by atoms with van der Waals surface area (Å²) in [5.41, 5.74) is 4.91. The number of carboxylic acids is 1. The van der Waals surface area contributed by atoms with Gasteiger partial charge in [0.25, 0.3) is 11.8 Å². The maximum atomic E-state index is 14.1. The van der Waals surface area contributed by atoms with Crippen LogP contribution in [-0.4, -0.2) is 127 Å². The number of hydrogen-bond acceptors (Lipinski definition) is 10. The Labute approximate surface area is 341 Å². The number of piperazine rings is 1. The van der Waals surface area contributed by atoms with Gasteiger partial charge in [0, 0.05) is 69.8 Å². The van der Waals surface area contributed by atoms with E-state index >= 15 is 0 Å². The van der Waals surface area contributed by atoms with E-state index in [2.05, 4.69) is 25.7 Å². The summed E-state index contributed by atoms with van der Waals surface area (Å²) < 4.78 is 45.0. The average molecular weight is 838 g/mol. The van der Waals surface area contributed by atoms with Crippen LogP contribution in [0, 0.1) is 11.8 Å². The SMILES string of the molecule is Cn1c(-c2cn(-c3ccc(N)cn3)nc2C(F)(F)F)cnc1C(=O)Nc1ccc(C(=O)N2C3CCC2CN(C(=O)C2CC[N+](CC(=O)[O-])(CC4CNC4)CC2)C3)c(Cl)c1. The summed E-state index contributed by atoms with van der Waals surface area (Å²) in [5, 5.41) is 21.3. The predicted octanol–water partition coefficient (Wildman–Crippen LogP) is 2.19. The second-order valence-electron chi connectivity index (χ2n) is 16.1. The van der Waals surface area contributed by atoms with Crippen LogP contribution in [-0.2, 0) is 22.8 Å². The number of carbonyl (C=O) groups is 4. The number of anilines is 2. The molecule has 3 aromatic heterocycles. The molecule has 4 fully saturated rings. The van der Waals surface area contributed by atoms with Gasteiger partial charge in [-0.25, -0.2) is 14.6 Å². The summed E-state index contributed by atoms with van der Waals surface area (Å²) in [7, 11) is 1.40. The van der Waals surface area contributed by atoms with Gasteiger partial charge in [0.05, 0.1) is 77.6 Å². The minimum atomic E-state index is -4.83. The molecule has 0 radical (unpaired) electrons. The minimum Gasteiger partial charge on any atom is -0.544 e. The molecule has 20 heteroatoms. The number of piperidine rings is 1. The van der Waals surface area contributed by atoms with Crippen molar-refractivity contribution in [2.75, 3.05) is 63.4 Å². The Bertz CT molecular complexity index is 2270. The summed E-state index contributed by atoms with van der Waals surface area (Å²) in [6, 6.07) is 6.95. The van der Waals surface area contributed by atoms with Crippen molar-refractivity contribution < 1.29 is 41.9 Å². The first-order valence-electron chi connectivity index (χ1n) is 19.5. The van der Waals surface area contributed by atoms with E-state index in [4.69, 9.17) is 17.3 Å². The van der Waals surface area contributed by atoms with Gasteiger partial charge in [0.1, 0.15) is 6.54 Å². The number of halogens is 4. The number of aliphatic carboxylic acids is 1. The maximum absolute atomic E-state index is 14.1. The van der Waals surface area contributed by atoms with Crippen molar-refractivity contribution in [2.24, 2.45) is 18.9 Å². The third kappa shape index (κ3) is 7.97. The number of aromatic nitrogens is 5. The smallest absolute Gasteiger partial charge is 0.435 e. The molecule has 4 aromatic rings. The lowest BCUT2D eigenvalue weighted by Crippen LogP contribution is -2.64. The summed E-state index contributed by atoms with van der Waals surface area (Å²) in [4.78, 5) is 64.6. The van der Waals surface area contributed by atoms with Gasteiger partial charge in [0.2, 0.25) is 5.91 Å². The van der Waals surface area contributed by atoms with Gasteiger partial charge in [-0.1, -0.05) is 11.6 Å². The molecule has 0 saturated carbocycles. The number of fused-ring (bicyclic) bond motifs is 2. The van der Waals surface area contributed by atoms with Gasteiger partial charge in [-0.3, -0.25) is 14.4 Å². The topological polar surface area (TPSA) is 196 Å². The van der Waals surface area contributed by atoms with Crippen molar-refractivity contribution in [3.05, 3.63) is 71.0 Å². The fraction of sp³-hybridized carbons (Fsp3) is 0.462. The minimum absolute atomic E-state index is 0.0229. The van der Waals surface area contributed by atoms with Gasteiger partial charge in [0.15, 0.2) is 17.3 Å². The number of nitrogen functional groups attached to an aromatic ring is 1. The van der Waals surface area contributed by atoms with E-state index in [0.29, 0.717) is 55.1 Å². The molecule has 4 N–H and O–H groups in total. The van der Waals surface area contributed by atoms with Crippen molar-refractivity contribution in [3.63, 3.8) is 0 Å². The molecule has 2 unspecified atom stereocenters. The largest absolute Gasteiger partial charge is 0.544 e. The lowest BCUT2D eigenvalue weighted by Gasteiger charge is -2.48. The number of hydrogen-bond donors (Lipinski definition) is 3. The van der Waals surface area contributed by atoms with E-state index in [1.54, 1.807) is 4.90 Å². The number of quaternary nitrogens is 1. The second kappa shape index (κ2) is 15.6. The molecule has 1 aromatic carbocycles. The highest BCUT2D eigenvalue weighted by molar-refractivity contribution is 6.34. The molecule has 0 spiro atoms. The number of rotatable bonds is 10. The number of nitrogens with one attached hydrogen (secondary N) is 2. The standard InChI is InChI=1S/C39H43ClF3N11O5/c1-50-31(29-19-52(49-34(29)39(41,42)43)32-7-2-24(44)15-46-32)16-47-35(50)36(57)48-25-3-6-28(30(40)12-25)38(59)53-26-4-5-27(53)18-51(17-26)37(58)23-8-10-54(11-9-23,21-33(55)56)20-22-13-45-14-22/h2-3,6-7,12,15-16,19,22-23,26-27,45H,4-5,8-11,13-14,17-18,20-21,44H2,1H3,(H-,48,55,56,57,59). The van der Waals surface area contributed by atoms with E-state index in [1.807, 2.05) is 4.90 Å². The van der Waals surface area contributed by atoms with Crippen LogP contribution in [0.4, 0.5) is 24.5 Å². The summed E-state index contributed by atoms with van der Waals surface area (Å²) in [6.07, 6.45) is 1.43. The molecular weight excluding hydrogens is 795 g/mol. The number of imidazole rings is 1. The van der Waals surface area contributed by atoms with Gasteiger partial charge in [-0.15, -0.1) is 0 Å². The summed E-state index contributed by atoms with van der Waals surface area (Å²) in [6.45, 7) is 4.49. The number of likely N-dealkylation sites (tertiary alicyclic amines) is 2. The number of nitrogens with two attached hydrogens (primary N) is 1. The van der Waals surface area contributed by atoms with Crippen LogP contribution < -0.4 is 21.5 Å². The number of nitrogens with zero attached hydrogens (tertiary/aromatic N) is 8.